The summed E-state index contributed by atoms with van der Waals surface area (Å²) < 4.78 is 0. The van der Waals surface area contributed by atoms with Gasteiger partial charge in [-0.1, -0.05) is 44.9 Å². The van der Waals surface area contributed by atoms with Crippen LogP contribution < -0.4 is 0 Å². The van der Waals surface area contributed by atoms with Crippen LogP contribution in [0.2, 0.25) is 0 Å². The summed E-state index contributed by atoms with van der Waals surface area (Å²) in [5.41, 5.74) is 2.28. The van der Waals surface area contributed by atoms with E-state index >= 15 is 0 Å². The van der Waals surface area contributed by atoms with Crippen LogP contribution in [-0.2, 0) is 0 Å². The fraction of sp³-hybridized carbons (Fsp3) is 0.778. The standard InChI is InChI=1S/C18H29NO/c1-17(2)10-5-15(6-11-17)18(8-3-4-9-18)14-19-12-7-16(20)13-19/h5-6,10,16,20H,3-4,7-9,11-14H2,1-2H3/t16-/m1/s1. The fourth-order valence-corrected chi connectivity index (χ4v) is 4.19. The summed E-state index contributed by atoms with van der Waals surface area (Å²) in [6.07, 6.45) is 14.7. The van der Waals surface area contributed by atoms with Gasteiger partial charge in [0.15, 0.2) is 0 Å². The minimum absolute atomic E-state index is 0.0942. The van der Waals surface area contributed by atoms with Gasteiger partial charge >= 0.3 is 0 Å². The molecule has 112 valence electrons. The van der Waals surface area contributed by atoms with Crippen LogP contribution in [0.15, 0.2) is 23.8 Å². The number of hydrogen-bond acceptors (Lipinski definition) is 2. The molecular weight excluding hydrogens is 246 g/mol. The summed E-state index contributed by atoms with van der Waals surface area (Å²) in [6.45, 7) is 7.74. The molecule has 0 spiro atoms. The molecule has 2 aliphatic carbocycles. The van der Waals surface area contributed by atoms with E-state index in [1.165, 1.54) is 32.1 Å². The summed E-state index contributed by atoms with van der Waals surface area (Å²) >= 11 is 0. The maximum atomic E-state index is 9.77. The van der Waals surface area contributed by atoms with Crippen molar-refractivity contribution in [2.45, 2.75) is 58.5 Å². The van der Waals surface area contributed by atoms with E-state index in [0.717, 1.165) is 26.1 Å². The molecule has 2 fully saturated rings. The highest BCUT2D eigenvalue weighted by molar-refractivity contribution is 5.33. The van der Waals surface area contributed by atoms with E-state index in [1.54, 1.807) is 5.57 Å². The lowest BCUT2D eigenvalue weighted by atomic mass is 9.72. The maximum absolute atomic E-state index is 9.77. The second kappa shape index (κ2) is 5.31. The Balaban J connectivity index is 1.75. The van der Waals surface area contributed by atoms with Gasteiger partial charge in [0, 0.05) is 25.0 Å². The van der Waals surface area contributed by atoms with Crippen molar-refractivity contribution < 1.29 is 5.11 Å². The molecule has 1 saturated carbocycles. The molecule has 0 aromatic heterocycles. The Morgan fingerprint density at radius 2 is 2.05 bits per heavy atom. The normalized spacial score (nSPS) is 32.5. The molecule has 1 atom stereocenters. The van der Waals surface area contributed by atoms with E-state index in [1.807, 2.05) is 0 Å². The molecule has 1 N–H and O–H groups in total. The van der Waals surface area contributed by atoms with Gasteiger partial charge in [0.05, 0.1) is 6.10 Å². The average molecular weight is 275 g/mol. The first-order valence-corrected chi connectivity index (χ1v) is 8.30. The predicted octanol–water partition coefficient (Wildman–Crippen LogP) is 3.53. The second-order valence-electron chi connectivity index (χ2n) is 7.85. The molecule has 20 heavy (non-hydrogen) atoms. The minimum Gasteiger partial charge on any atom is -0.392 e. The molecule has 3 aliphatic rings. The second-order valence-corrected chi connectivity index (χ2v) is 7.85. The first-order chi connectivity index (χ1) is 9.49. The molecule has 1 saturated heterocycles. The Bertz CT molecular complexity index is 415. The molecule has 1 heterocycles. The number of aliphatic hydroxyl groups excluding tert-OH is 1. The summed E-state index contributed by atoms with van der Waals surface area (Å²) in [6, 6.07) is 0. The average Bonchev–Trinajstić information content (AvgIpc) is 3.00. The molecule has 0 aromatic rings. The third kappa shape index (κ3) is 2.87. The lowest BCUT2D eigenvalue weighted by molar-refractivity contribution is 0.156. The zero-order valence-electron chi connectivity index (χ0n) is 13.1. The van der Waals surface area contributed by atoms with Gasteiger partial charge in [0.1, 0.15) is 0 Å². The van der Waals surface area contributed by atoms with Gasteiger partial charge in [-0.25, -0.2) is 0 Å². The molecule has 0 unspecified atom stereocenters. The van der Waals surface area contributed by atoms with E-state index in [0.29, 0.717) is 10.8 Å². The van der Waals surface area contributed by atoms with E-state index < -0.39 is 0 Å². The monoisotopic (exact) mass is 275 g/mol. The van der Waals surface area contributed by atoms with Gasteiger partial charge < -0.3 is 5.11 Å². The molecule has 0 aromatic carbocycles. The number of nitrogens with zero attached hydrogens (tertiary/aromatic N) is 1. The SMILES string of the molecule is CC1(C)C=CC(C2(CN3CC[C@@H](O)C3)CCCC2)=CC1. The zero-order valence-corrected chi connectivity index (χ0v) is 13.1. The summed E-state index contributed by atoms with van der Waals surface area (Å²) in [5, 5.41) is 9.77. The van der Waals surface area contributed by atoms with E-state index in [9.17, 15) is 5.11 Å². The third-order valence-corrected chi connectivity index (χ3v) is 5.51. The van der Waals surface area contributed by atoms with Crippen molar-refractivity contribution in [3.05, 3.63) is 23.8 Å². The summed E-state index contributed by atoms with van der Waals surface area (Å²) in [7, 11) is 0. The van der Waals surface area contributed by atoms with E-state index in [4.69, 9.17) is 0 Å². The van der Waals surface area contributed by atoms with Crippen molar-refractivity contribution in [1.82, 2.24) is 4.90 Å². The molecule has 1 aliphatic heterocycles. The largest absolute Gasteiger partial charge is 0.392 e. The maximum Gasteiger partial charge on any atom is 0.0679 e. The van der Waals surface area contributed by atoms with Gasteiger partial charge in [0.25, 0.3) is 0 Å². The minimum atomic E-state index is -0.0942. The number of β-amino-alcohol motifs (C(OH)–C–C–N with tert-alkyl or cyclic N) is 1. The Morgan fingerprint density at radius 3 is 2.60 bits per heavy atom. The fourth-order valence-electron chi connectivity index (χ4n) is 4.19. The van der Waals surface area contributed by atoms with Crippen molar-refractivity contribution in [2.24, 2.45) is 10.8 Å². The highest BCUT2D eigenvalue weighted by atomic mass is 16.3. The van der Waals surface area contributed by atoms with Crippen molar-refractivity contribution in [3.8, 4) is 0 Å². The van der Waals surface area contributed by atoms with Crippen molar-refractivity contribution in [2.75, 3.05) is 19.6 Å². The molecule has 3 rings (SSSR count). The van der Waals surface area contributed by atoms with Crippen LogP contribution in [0.1, 0.15) is 52.4 Å². The summed E-state index contributed by atoms with van der Waals surface area (Å²) in [4.78, 5) is 2.49. The van der Waals surface area contributed by atoms with Crippen LogP contribution in [0.3, 0.4) is 0 Å². The number of likely N-dealkylation sites (tertiary alicyclic amines) is 1. The number of allylic oxidation sites excluding steroid dienone is 3. The van der Waals surface area contributed by atoms with Gasteiger partial charge in [0.2, 0.25) is 0 Å². The molecule has 2 nitrogen and oxygen atoms in total. The lowest BCUT2D eigenvalue weighted by Crippen LogP contribution is -2.37. The molecule has 0 radical (unpaired) electrons. The van der Waals surface area contributed by atoms with Gasteiger partial charge in [-0.15, -0.1) is 0 Å². The number of hydrogen-bond donors (Lipinski definition) is 1. The third-order valence-electron chi connectivity index (χ3n) is 5.51. The van der Waals surface area contributed by atoms with Gasteiger partial charge in [-0.05, 0) is 36.7 Å². The molecule has 0 amide bonds. The topological polar surface area (TPSA) is 23.5 Å². The Morgan fingerprint density at radius 1 is 1.30 bits per heavy atom. The molecule has 0 bridgehead atoms. The lowest BCUT2D eigenvalue weighted by Gasteiger charge is -2.37. The predicted molar refractivity (Wildman–Crippen MR) is 83.6 cm³/mol. The van der Waals surface area contributed by atoms with Gasteiger partial charge in [-0.3, -0.25) is 4.90 Å². The molecule has 2 heteroatoms. The first-order valence-electron chi connectivity index (χ1n) is 8.30. The molecular formula is C18H29NO. The van der Waals surface area contributed by atoms with Crippen molar-refractivity contribution >= 4 is 0 Å². The highest BCUT2D eigenvalue weighted by Crippen LogP contribution is 2.48. The Hall–Kier alpha value is -0.600. The van der Waals surface area contributed by atoms with Crippen LogP contribution in [0, 0.1) is 10.8 Å². The van der Waals surface area contributed by atoms with Crippen LogP contribution >= 0.6 is 0 Å². The van der Waals surface area contributed by atoms with Crippen molar-refractivity contribution in [3.63, 3.8) is 0 Å². The Kier molecular flexibility index (Phi) is 3.81. The quantitative estimate of drug-likeness (QED) is 0.852. The Labute approximate surface area is 123 Å². The van der Waals surface area contributed by atoms with Crippen LogP contribution in [0.4, 0.5) is 0 Å². The highest BCUT2D eigenvalue weighted by Gasteiger charge is 2.40. The zero-order chi connectivity index (χ0) is 14.2. The number of aliphatic hydroxyl groups is 1. The van der Waals surface area contributed by atoms with Crippen LogP contribution in [0.5, 0.6) is 0 Å². The van der Waals surface area contributed by atoms with Crippen molar-refractivity contribution in [1.29, 1.82) is 0 Å². The van der Waals surface area contributed by atoms with Crippen LogP contribution in [-0.4, -0.2) is 35.7 Å². The first kappa shape index (κ1) is 14.3. The van der Waals surface area contributed by atoms with E-state index in [-0.39, 0.29) is 6.10 Å². The number of rotatable bonds is 3. The van der Waals surface area contributed by atoms with Crippen LogP contribution in [0.25, 0.3) is 0 Å². The van der Waals surface area contributed by atoms with E-state index in [2.05, 4.69) is 37.0 Å². The smallest absolute Gasteiger partial charge is 0.0679 e. The van der Waals surface area contributed by atoms with Gasteiger partial charge in [-0.2, -0.15) is 0 Å². The summed E-state index contributed by atoms with van der Waals surface area (Å²) in [5.74, 6) is 0.